The highest BCUT2D eigenvalue weighted by Gasteiger charge is 2.35. The van der Waals surface area contributed by atoms with Crippen LogP contribution >= 0.6 is 23.0 Å². The summed E-state index contributed by atoms with van der Waals surface area (Å²) in [5, 5.41) is 8.52. The molecule has 0 amide bonds. The van der Waals surface area contributed by atoms with Crippen molar-refractivity contribution in [2.45, 2.75) is 11.1 Å². The summed E-state index contributed by atoms with van der Waals surface area (Å²) >= 11 is 5.54. The number of thiol groups is 1. The molecule has 0 radical (unpaired) electrons. The van der Waals surface area contributed by atoms with Crippen LogP contribution in [-0.4, -0.2) is 11.0 Å². The zero-order valence-electron chi connectivity index (χ0n) is 6.77. The van der Waals surface area contributed by atoms with Crippen LogP contribution < -0.4 is 0 Å². The second kappa shape index (κ2) is 3.82. The Kier molecular flexibility index (Phi) is 3.11. The maximum Gasteiger partial charge on any atom is 0.418 e. The van der Waals surface area contributed by atoms with Crippen molar-refractivity contribution >= 4 is 28.8 Å². The van der Waals surface area contributed by atoms with E-state index in [2.05, 4.69) is 5.87 Å². The molecular formula is C8H6ClF3OS. The summed E-state index contributed by atoms with van der Waals surface area (Å²) in [6.07, 6.45) is -4.52. The highest BCUT2D eigenvalue weighted by atomic mass is 35.5. The first kappa shape index (κ1) is 11.4. The first-order chi connectivity index (χ1) is 6.36. The van der Waals surface area contributed by atoms with E-state index in [1.807, 2.05) is 0 Å². The van der Waals surface area contributed by atoms with Gasteiger partial charge in [-0.1, -0.05) is 17.5 Å². The summed E-state index contributed by atoms with van der Waals surface area (Å²) in [6.45, 7) is 0. The summed E-state index contributed by atoms with van der Waals surface area (Å²) in [6, 6.07) is 1.86. The standard InChI is InChI=1S/C8H6ClF3OS/c1-14-6-3-4(13)2-5(9)7(6)8(10,11)12/h2-3,13-14H,1H2. The molecule has 0 aliphatic rings. The second-order valence-corrected chi connectivity index (χ2v) is 3.68. The topological polar surface area (TPSA) is 20.2 Å². The minimum Gasteiger partial charge on any atom is -0.508 e. The lowest BCUT2D eigenvalue weighted by molar-refractivity contribution is -0.139. The molecule has 1 aromatic rings. The Labute approximate surface area is 87.1 Å². The summed E-state index contributed by atoms with van der Waals surface area (Å²) in [4.78, 5) is -0.137. The zero-order valence-corrected chi connectivity index (χ0v) is 8.42. The number of hydrogen-bond donors (Lipinski definition) is 2. The molecule has 0 heterocycles. The van der Waals surface area contributed by atoms with E-state index in [1.165, 1.54) is 0 Å². The first-order valence-corrected chi connectivity index (χ1v) is 4.88. The molecule has 14 heavy (non-hydrogen) atoms. The summed E-state index contributed by atoms with van der Waals surface area (Å²) in [5.74, 6) is 3.02. The fourth-order valence-corrected chi connectivity index (χ4v) is 2.00. The molecule has 0 atom stereocenters. The quantitative estimate of drug-likeness (QED) is 0.572. The van der Waals surface area contributed by atoms with Gasteiger partial charge in [0.15, 0.2) is 0 Å². The van der Waals surface area contributed by atoms with Gasteiger partial charge in [0.25, 0.3) is 0 Å². The Morgan fingerprint density at radius 1 is 1.36 bits per heavy atom. The number of phenols is 1. The number of rotatable bonds is 1. The average molecular weight is 243 g/mol. The SMILES string of the molecule is C=[SH]c1cc(O)cc(Cl)c1C(F)(F)F. The molecule has 0 aromatic heterocycles. The van der Waals surface area contributed by atoms with Crippen LogP contribution in [0.15, 0.2) is 17.0 Å². The fraction of sp³-hybridized carbons (Fsp3) is 0.125. The van der Waals surface area contributed by atoms with E-state index in [9.17, 15) is 13.2 Å². The predicted octanol–water partition coefficient (Wildman–Crippen LogP) is 3.32. The van der Waals surface area contributed by atoms with Gasteiger partial charge in [-0.25, -0.2) is 0 Å². The molecular weight excluding hydrogens is 237 g/mol. The molecule has 0 saturated heterocycles. The Hall–Kier alpha value is -0.680. The average Bonchev–Trinajstić information content (AvgIpc) is 1.99. The van der Waals surface area contributed by atoms with Gasteiger partial charge in [0, 0.05) is 4.90 Å². The van der Waals surface area contributed by atoms with Crippen LogP contribution in [0.4, 0.5) is 13.2 Å². The second-order valence-electron chi connectivity index (χ2n) is 2.48. The number of benzene rings is 1. The molecule has 1 aromatic carbocycles. The van der Waals surface area contributed by atoms with Crippen molar-refractivity contribution in [2.75, 3.05) is 0 Å². The zero-order chi connectivity index (χ0) is 10.9. The van der Waals surface area contributed by atoms with Crippen molar-refractivity contribution in [3.8, 4) is 5.75 Å². The van der Waals surface area contributed by atoms with E-state index in [4.69, 9.17) is 16.7 Å². The predicted molar refractivity (Wildman–Crippen MR) is 52.5 cm³/mol. The minimum absolute atomic E-state index is 0.137. The Morgan fingerprint density at radius 3 is 2.36 bits per heavy atom. The van der Waals surface area contributed by atoms with E-state index >= 15 is 0 Å². The summed E-state index contributed by atoms with van der Waals surface area (Å²) in [5.41, 5.74) is -0.936. The maximum atomic E-state index is 12.4. The number of phenolic OH excluding ortho intramolecular Hbond substituents is 1. The Bertz CT molecular complexity index is 376. The minimum atomic E-state index is -4.52. The lowest BCUT2D eigenvalue weighted by atomic mass is 10.2. The molecule has 6 heteroatoms. The van der Waals surface area contributed by atoms with E-state index in [0.29, 0.717) is 0 Å². The van der Waals surface area contributed by atoms with Crippen LogP contribution in [-0.2, 0) is 6.18 Å². The van der Waals surface area contributed by atoms with Gasteiger partial charge in [-0.15, -0.1) is 0 Å². The molecule has 0 unspecified atom stereocenters. The van der Waals surface area contributed by atoms with E-state index in [0.717, 1.165) is 12.1 Å². The van der Waals surface area contributed by atoms with E-state index in [-0.39, 0.29) is 22.0 Å². The van der Waals surface area contributed by atoms with Gasteiger partial charge in [0.1, 0.15) is 5.75 Å². The monoisotopic (exact) mass is 242 g/mol. The fourth-order valence-electron chi connectivity index (χ4n) is 0.984. The third kappa shape index (κ3) is 2.22. The molecule has 0 spiro atoms. The van der Waals surface area contributed by atoms with Crippen LogP contribution in [0.1, 0.15) is 5.56 Å². The van der Waals surface area contributed by atoms with Gasteiger partial charge in [-0.3, -0.25) is 0 Å². The van der Waals surface area contributed by atoms with Gasteiger partial charge >= 0.3 is 6.18 Å². The third-order valence-corrected chi connectivity index (χ3v) is 2.50. The first-order valence-electron chi connectivity index (χ1n) is 3.42. The third-order valence-electron chi connectivity index (χ3n) is 1.51. The number of alkyl halides is 3. The largest absolute Gasteiger partial charge is 0.508 e. The van der Waals surface area contributed by atoms with Crippen molar-refractivity contribution in [1.29, 1.82) is 0 Å². The van der Waals surface area contributed by atoms with Crippen LogP contribution in [0.2, 0.25) is 5.02 Å². The van der Waals surface area contributed by atoms with Crippen LogP contribution in [0.3, 0.4) is 0 Å². The van der Waals surface area contributed by atoms with E-state index in [1.54, 1.807) is 0 Å². The number of halogens is 4. The van der Waals surface area contributed by atoms with Crippen molar-refractivity contribution in [3.05, 3.63) is 22.7 Å². The molecule has 0 fully saturated rings. The van der Waals surface area contributed by atoms with Gasteiger partial charge < -0.3 is 5.11 Å². The van der Waals surface area contributed by atoms with Crippen LogP contribution in [0.25, 0.3) is 0 Å². The molecule has 0 saturated carbocycles. The lowest BCUT2D eigenvalue weighted by Crippen LogP contribution is -2.07. The molecule has 0 aliphatic carbocycles. The van der Waals surface area contributed by atoms with Gasteiger partial charge in [0.05, 0.1) is 10.6 Å². The van der Waals surface area contributed by atoms with Gasteiger partial charge in [-0.2, -0.15) is 24.5 Å². The maximum absolute atomic E-state index is 12.4. The molecule has 78 valence electrons. The Morgan fingerprint density at radius 2 is 1.93 bits per heavy atom. The lowest BCUT2D eigenvalue weighted by Gasteiger charge is -2.12. The Balaban J connectivity index is 3.48. The molecule has 1 rings (SSSR count). The molecule has 0 aliphatic heterocycles. The molecule has 1 N–H and O–H groups in total. The van der Waals surface area contributed by atoms with Crippen molar-refractivity contribution in [2.24, 2.45) is 0 Å². The van der Waals surface area contributed by atoms with E-state index < -0.39 is 16.8 Å². The molecule has 0 bridgehead atoms. The van der Waals surface area contributed by atoms with Crippen molar-refractivity contribution in [1.82, 2.24) is 0 Å². The normalized spacial score (nSPS) is 11.7. The van der Waals surface area contributed by atoms with Gasteiger partial charge in [0.2, 0.25) is 0 Å². The highest BCUT2D eigenvalue weighted by Crippen LogP contribution is 2.41. The number of aromatic hydroxyl groups is 1. The van der Waals surface area contributed by atoms with Crippen LogP contribution in [0, 0.1) is 0 Å². The van der Waals surface area contributed by atoms with Crippen molar-refractivity contribution in [3.63, 3.8) is 0 Å². The number of hydrogen-bond acceptors (Lipinski definition) is 1. The molecule has 1 nitrogen and oxygen atoms in total. The summed E-state index contributed by atoms with van der Waals surface area (Å²) in [7, 11) is 0. The van der Waals surface area contributed by atoms with Crippen molar-refractivity contribution < 1.29 is 18.3 Å². The highest BCUT2D eigenvalue weighted by molar-refractivity contribution is 7.96. The van der Waals surface area contributed by atoms with Crippen LogP contribution in [0.5, 0.6) is 5.75 Å². The van der Waals surface area contributed by atoms with Gasteiger partial charge in [-0.05, 0) is 12.1 Å². The summed E-state index contributed by atoms with van der Waals surface area (Å²) < 4.78 is 37.3. The smallest absolute Gasteiger partial charge is 0.418 e.